The molecule has 0 aliphatic heterocycles. The van der Waals surface area contributed by atoms with Crippen molar-refractivity contribution >= 4 is 57.0 Å². The van der Waals surface area contributed by atoms with Gasteiger partial charge in [-0.05, 0) is 42.8 Å². The number of amides is 1. The molecule has 1 heterocycles. The Kier molecular flexibility index (Phi) is 5.04. The van der Waals surface area contributed by atoms with Gasteiger partial charge in [-0.3, -0.25) is 4.79 Å². The van der Waals surface area contributed by atoms with Gasteiger partial charge in [-0.15, -0.1) is 11.3 Å². The highest BCUT2D eigenvalue weighted by Gasteiger charge is 2.12. The Balaban J connectivity index is 1.73. The van der Waals surface area contributed by atoms with Crippen molar-refractivity contribution in [2.75, 3.05) is 10.6 Å². The van der Waals surface area contributed by atoms with Crippen LogP contribution in [0.2, 0.25) is 10.0 Å². The minimum atomic E-state index is -0.282. The van der Waals surface area contributed by atoms with Gasteiger partial charge in [0.15, 0.2) is 5.13 Å². The monoisotopic (exact) mass is 377 g/mol. The van der Waals surface area contributed by atoms with E-state index in [0.29, 0.717) is 26.6 Å². The van der Waals surface area contributed by atoms with Crippen LogP contribution in [0.15, 0.2) is 47.8 Å². The quantitative estimate of drug-likeness (QED) is 0.607. The molecule has 0 unspecified atom stereocenters. The SMILES string of the molecule is Cc1ccc(Cl)cc1NC(=O)c1csc(Nc2cccc(Cl)c2)n1. The van der Waals surface area contributed by atoms with E-state index in [0.717, 1.165) is 11.3 Å². The summed E-state index contributed by atoms with van der Waals surface area (Å²) >= 11 is 13.3. The first kappa shape index (κ1) is 16.8. The summed E-state index contributed by atoms with van der Waals surface area (Å²) in [5.74, 6) is -0.282. The molecule has 1 amide bonds. The first-order valence-electron chi connectivity index (χ1n) is 7.07. The zero-order chi connectivity index (χ0) is 17.1. The molecule has 0 radical (unpaired) electrons. The van der Waals surface area contributed by atoms with Crippen LogP contribution >= 0.6 is 34.5 Å². The fourth-order valence-corrected chi connectivity index (χ4v) is 3.11. The van der Waals surface area contributed by atoms with E-state index in [1.165, 1.54) is 11.3 Å². The number of carbonyl (C=O) groups excluding carboxylic acids is 1. The first-order chi connectivity index (χ1) is 11.5. The summed E-state index contributed by atoms with van der Waals surface area (Å²) in [4.78, 5) is 16.6. The Bertz CT molecular complexity index is 895. The lowest BCUT2D eigenvalue weighted by molar-refractivity contribution is 0.102. The largest absolute Gasteiger partial charge is 0.331 e. The van der Waals surface area contributed by atoms with E-state index in [-0.39, 0.29) is 5.91 Å². The van der Waals surface area contributed by atoms with Gasteiger partial charge in [0, 0.05) is 26.8 Å². The van der Waals surface area contributed by atoms with Crippen molar-refractivity contribution in [3.63, 3.8) is 0 Å². The van der Waals surface area contributed by atoms with Crippen molar-refractivity contribution in [3.8, 4) is 0 Å². The number of anilines is 3. The van der Waals surface area contributed by atoms with Gasteiger partial charge in [0.25, 0.3) is 5.91 Å². The third-order valence-corrected chi connectivity index (χ3v) is 4.49. The van der Waals surface area contributed by atoms with Crippen molar-refractivity contribution in [2.45, 2.75) is 6.92 Å². The summed E-state index contributed by atoms with van der Waals surface area (Å²) in [5, 5.41) is 9.46. The highest BCUT2D eigenvalue weighted by molar-refractivity contribution is 7.14. The molecule has 0 saturated carbocycles. The number of rotatable bonds is 4. The summed E-state index contributed by atoms with van der Waals surface area (Å²) in [5.41, 5.74) is 2.75. The van der Waals surface area contributed by atoms with Crippen molar-refractivity contribution < 1.29 is 4.79 Å². The first-order valence-corrected chi connectivity index (χ1v) is 8.70. The maximum Gasteiger partial charge on any atom is 0.275 e. The molecular formula is C17H13Cl2N3OS. The zero-order valence-electron chi connectivity index (χ0n) is 12.6. The smallest absolute Gasteiger partial charge is 0.275 e. The molecule has 0 spiro atoms. The summed E-state index contributed by atoms with van der Waals surface area (Å²) in [6.45, 7) is 1.90. The second kappa shape index (κ2) is 7.21. The van der Waals surface area contributed by atoms with Crippen molar-refractivity contribution in [3.05, 3.63) is 69.1 Å². The number of aromatic nitrogens is 1. The number of halogens is 2. The number of nitrogens with zero attached hydrogens (tertiary/aromatic N) is 1. The number of aryl methyl sites for hydroxylation is 1. The van der Waals surface area contributed by atoms with E-state index >= 15 is 0 Å². The van der Waals surface area contributed by atoms with Gasteiger partial charge in [-0.25, -0.2) is 4.98 Å². The van der Waals surface area contributed by atoms with Crippen LogP contribution < -0.4 is 10.6 Å². The molecule has 4 nitrogen and oxygen atoms in total. The molecule has 7 heteroatoms. The number of thiazole rings is 1. The Morgan fingerprint density at radius 2 is 1.92 bits per heavy atom. The summed E-state index contributed by atoms with van der Waals surface area (Å²) < 4.78 is 0. The topological polar surface area (TPSA) is 54.0 Å². The molecule has 0 fully saturated rings. The van der Waals surface area contributed by atoms with E-state index in [4.69, 9.17) is 23.2 Å². The van der Waals surface area contributed by atoms with Gasteiger partial charge in [0.1, 0.15) is 5.69 Å². The number of hydrogen-bond donors (Lipinski definition) is 2. The van der Waals surface area contributed by atoms with Crippen LogP contribution in [0.25, 0.3) is 0 Å². The molecule has 24 heavy (non-hydrogen) atoms. The maximum atomic E-state index is 12.3. The Hall–Kier alpha value is -2.08. The molecule has 2 aromatic carbocycles. The number of nitrogens with one attached hydrogen (secondary N) is 2. The predicted octanol–water partition coefficient (Wildman–Crippen LogP) is 5.75. The average molecular weight is 378 g/mol. The molecule has 1 aromatic heterocycles. The Morgan fingerprint density at radius 3 is 2.71 bits per heavy atom. The normalized spacial score (nSPS) is 10.5. The molecule has 0 aliphatic carbocycles. The Labute approximate surface area is 153 Å². The molecule has 2 N–H and O–H groups in total. The van der Waals surface area contributed by atoms with E-state index in [2.05, 4.69) is 15.6 Å². The van der Waals surface area contributed by atoms with Gasteiger partial charge in [-0.2, -0.15) is 0 Å². The molecule has 3 rings (SSSR count). The van der Waals surface area contributed by atoms with Crippen LogP contribution in [0, 0.1) is 6.92 Å². The maximum absolute atomic E-state index is 12.3. The van der Waals surface area contributed by atoms with E-state index in [1.54, 1.807) is 29.6 Å². The van der Waals surface area contributed by atoms with E-state index < -0.39 is 0 Å². The predicted molar refractivity (Wildman–Crippen MR) is 101 cm³/mol. The zero-order valence-corrected chi connectivity index (χ0v) is 15.0. The van der Waals surface area contributed by atoms with Crippen LogP contribution in [0.3, 0.4) is 0 Å². The minimum absolute atomic E-state index is 0.282. The fraction of sp³-hybridized carbons (Fsp3) is 0.0588. The molecule has 0 atom stereocenters. The van der Waals surface area contributed by atoms with Gasteiger partial charge < -0.3 is 10.6 Å². The van der Waals surface area contributed by atoms with E-state index in [1.807, 2.05) is 25.1 Å². The molecule has 0 saturated heterocycles. The molecular weight excluding hydrogens is 365 g/mol. The van der Waals surface area contributed by atoms with Crippen molar-refractivity contribution in [2.24, 2.45) is 0 Å². The lowest BCUT2D eigenvalue weighted by Gasteiger charge is -2.07. The highest BCUT2D eigenvalue weighted by Crippen LogP contribution is 2.24. The standard InChI is InChI=1S/C17H13Cl2N3OS/c1-10-5-6-12(19)8-14(10)21-16(23)15-9-24-17(22-15)20-13-4-2-3-11(18)7-13/h2-9H,1H3,(H,20,22)(H,21,23). The second-order valence-electron chi connectivity index (χ2n) is 5.09. The number of carbonyl (C=O) groups is 1. The lowest BCUT2D eigenvalue weighted by atomic mass is 10.2. The number of hydrogen-bond acceptors (Lipinski definition) is 4. The summed E-state index contributed by atoms with van der Waals surface area (Å²) in [6, 6.07) is 12.6. The summed E-state index contributed by atoms with van der Waals surface area (Å²) in [7, 11) is 0. The van der Waals surface area contributed by atoms with Crippen LogP contribution in [-0.4, -0.2) is 10.9 Å². The van der Waals surface area contributed by atoms with Gasteiger partial charge >= 0.3 is 0 Å². The average Bonchev–Trinajstić information content (AvgIpc) is 2.99. The number of benzene rings is 2. The summed E-state index contributed by atoms with van der Waals surface area (Å²) in [6.07, 6.45) is 0. The van der Waals surface area contributed by atoms with Crippen LogP contribution in [-0.2, 0) is 0 Å². The van der Waals surface area contributed by atoms with Gasteiger partial charge in [0.2, 0.25) is 0 Å². The third-order valence-electron chi connectivity index (χ3n) is 3.26. The second-order valence-corrected chi connectivity index (χ2v) is 6.82. The molecule has 122 valence electrons. The van der Waals surface area contributed by atoms with Crippen molar-refractivity contribution in [1.29, 1.82) is 0 Å². The van der Waals surface area contributed by atoms with Gasteiger partial charge in [-0.1, -0.05) is 35.3 Å². The highest BCUT2D eigenvalue weighted by atomic mass is 35.5. The molecule has 0 bridgehead atoms. The van der Waals surface area contributed by atoms with Gasteiger partial charge in [0.05, 0.1) is 0 Å². The Morgan fingerprint density at radius 1 is 1.12 bits per heavy atom. The van der Waals surface area contributed by atoms with Crippen LogP contribution in [0.5, 0.6) is 0 Å². The fourth-order valence-electron chi connectivity index (χ4n) is 2.04. The lowest BCUT2D eigenvalue weighted by Crippen LogP contribution is -2.13. The van der Waals surface area contributed by atoms with Crippen LogP contribution in [0.1, 0.15) is 16.1 Å². The minimum Gasteiger partial charge on any atom is -0.331 e. The third kappa shape index (κ3) is 4.06. The molecule has 3 aromatic rings. The molecule has 0 aliphatic rings. The van der Waals surface area contributed by atoms with E-state index in [9.17, 15) is 4.79 Å². The van der Waals surface area contributed by atoms with Crippen molar-refractivity contribution in [1.82, 2.24) is 4.98 Å². The van der Waals surface area contributed by atoms with Crippen LogP contribution in [0.4, 0.5) is 16.5 Å².